The van der Waals surface area contributed by atoms with E-state index in [1.54, 1.807) is 0 Å². The van der Waals surface area contributed by atoms with E-state index in [0.29, 0.717) is 19.2 Å². The van der Waals surface area contributed by atoms with Crippen molar-refractivity contribution < 1.29 is 9.84 Å². The van der Waals surface area contributed by atoms with Crippen LogP contribution in [0.25, 0.3) is 0 Å². The SMILES string of the molecule is CC(C)CCCOCC(O)CNC(C)C1CCCC1. The van der Waals surface area contributed by atoms with Crippen molar-refractivity contribution in [2.24, 2.45) is 11.8 Å². The predicted octanol–water partition coefficient (Wildman–Crippen LogP) is 2.97. The first-order chi connectivity index (χ1) is 9.09. The lowest BCUT2D eigenvalue weighted by molar-refractivity contribution is 0.0328. The Morgan fingerprint density at radius 2 is 1.89 bits per heavy atom. The first kappa shape index (κ1) is 16.9. The van der Waals surface area contributed by atoms with Crippen molar-refractivity contribution in [3.8, 4) is 0 Å². The third-order valence-electron chi connectivity index (χ3n) is 4.16. The maximum absolute atomic E-state index is 9.86. The Bertz CT molecular complexity index is 215. The Kier molecular flexibility index (Phi) is 8.67. The lowest BCUT2D eigenvalue weighted by Crippen LogP contribution is -2.39. The number of aliphatic hydroxyl groups is 1. The molecule has 2 atom stereocenters. The molecule has 0 heterocycles. The minimum Gasteiger partial charge on any atom is -0.389 e. The van der Waals surface area contributed by atoms with Crippen LogP contribution in [0.5, 0.6) is 0 Å². The fourth-order valence-corrected chi connectivity index (χ4v) is 2.82. The maximum atomic E-state index is 9.86. The van der Waals surface area contributed by atoms with Crippen LogP contribution in [0.15, 0.2) is 0 Å². The molecule has 0 bridgehead atoms. The molecule has 3 heteroatoms. The molecule has 0 aromatic carbocycles. The summed E-state index contributed by atoms with van der Waals surface area (Å²) in [6.07, 6.45) is 7.36. The van der Waals surface area contributed by atoms with Gasteiger partial charge in [0.15, 0.2) is 0 Å². The molecule has 114 valence electrons. The van der Waals surface area contributed by atoms with E-state index in [9.17, 15) is 5.11 Å². The minimum absolute atomic E-state index is 0.372. The summed E-state index contributed by atoms with van der Waals surface area (Å²) in [6.45, 7) is 8.58. The summed E-state index contributed by atoms with van der Waals surface area (Å²) < 4.78 is 5.51. The average Bonchev–Trinajstić information content (AvgIpc) is 2.89. The van der Waals surface area contributed by atoms with Crippen LogP contribution in [0.3, 0.4) is 0 Å². The molecule has 1 fully saturated rings. The first-order valence-electron chi connectivity index (χ1n) is 8.08. The number of hydrogen-bond donors (Lipinski definition) is 2. The third kappa shape index (κ3) is 7.91. The highest BCUT2D eigenvalue weighted by Crippen LogP contribution is 2.27. The molecule has 1 saturated carbocycles. The van der Waals surface area contributed by atoms with Gasteiger partial charge >= 0.3 is 0 Å². The third-order valence-corrected chi connectivity index (χ3v) is 4.16. The van der Waals surface area contributed by atoms with Gasteiger partial charge in [-0.15, -0.1) is 0 Å². The van der Waals surface area contributed by atoms with Gasteiger partial charge in [0, 0.05) is 19.2 Å². The van der Waals surface area contributed by atoms with Gasteiger partial charge < -0.3 is 15.2 Å². The molecule has 0 radical (unpaired) electrons. The molecule has 1 aliphatic carbocycles. The molecule has 3 nitrogen and oxygen atoms in total. The lowest BCUT2D eigenvalue weighted by Gasteiger charge is -2.22. The fraction of sp³-hybridized carbons (Fsp3) is 1.00. The van der Waals surface area contributed by atoms with Gasteiger partial charge in [0.05, 0.1) is 12.7 Å². The van der Waals surface area contributed by atoms with Crippen molar-refractivity contribution in [3.05, 3.63) is 0 Å². The minimum atomic E-state index is -0.372. The molecule has 1 rings (SSSR count). The van der Waals surface area contributed by atoms with Crippen molar-refractivity contribution in [2.75, 3.05) is 19.8 Å². The van der Waals surface area contributed by atoms with Gasteiger partial charge in [-0.1, -0.05) is 26.7 Å². The molecule has 0 aromatic rings. The van der Waals surface area contributed by atoms with Crippen LogP contribution in [0, 0.1) is 11.8 Å². The highest BCUT2D eigenvalue weighted by atomic mass is 16.5. The smallest absolute Gasteiger partial charge is 0.0897 e. The van der Waals surface area contributed by atoms with Crippen molar-refractivity contribution in [1.29, 1.82) is 0 Å². The Balaban J connectivity index is 1.96. The number of nitrogens with one attached hydrogen (secondary N) is 1. The largest absolute Gasteiger partial charge is 0.389 e. The topological polar surface area (TPSA) is 41.5 Å². The molecule has 0 spiro atoms. The highest BCUT2D eigenvalue weighted by molar-refractivity contribution is 4.78. The standard InChI is InChI=1S/C16H33NO2/c1-13(2)7-6-10-19-12-16(18)11-17-14(3)15-8-4-5-9-15/h13-18H,4-12H2,1-3H3. The Labute approximate surface area is 119 Å². The van der Waals surface area contributed by atoms with Crippen LogP contribution in [0.2, 0.25) is 0 Å². The van der Waals surface area contributed by atoms with Gasteiger partial charge in [0.2, 0.25) is 0 Å². The molecule has 1 aliphatic rings. The summed E-state index contributed by atoms with van der Waals surface area (Å²) in [5.74, 6) is 1.54. The van der Waals surface area contributed by atoms with Gasteiger partial charge in [-0.25, -0.2) is 0 Å². The number of aliphatic hydroxyl groups excluding tert-OH is 1. The van der Waals surface area contributed by atoms with Gasteiger partial charge in [-0.05, 0) is 44.4 Å². The summed E-state index contributed by atoms with van der Waals surface area (Å²) >= 11 is 0. The summed E-state index contributed by atoms with van der Waals surface area (Å²) in [6, 6.07) is 0.526. The summed E-state index contributed by atoms with van der Waals surface area (Å²) in [5.41, 5.74) is 0. The van der Waals surface area contributed by atoms with Crippen molar-refractivity contribution in [3.63, 3.8) is 0 Å². The summed E-state index contributed by atoms with van der Waals surface area (Å²) in [7, 11) is 0. The van der Waals surface area contributed by atoms with Gasteiger partial charge in [-0.2, -0.15) is 0 Å². The zero-order valence-corrected chi connectivity index (χ0v) is 13.0. The van der Waals surface area contributed by atoms with Crippen LogP contribution in [0.1, 0.15) is 59.3 Å². The zero-order valence-electron chi connectivity index (χ0n) is 13.0. The second-order valence-corrected chi connectivity index (χ2v) is 6.51. The molecule has 0 saturated heterocycles. The van der Waals surface area contributed by atoms with Gasteiger partial charge in [0.25, 0.3) is 0 Å². The maximum Gasteiger partial charge on any atom is 0.0897 e. The van der Waals surface area contributed by atoms with E-state index in [1.165, 1.54) is 32.1 Å². The monoisotopic (exact) mass is 271 g/mol. The Morgan fingerprint density at radius 1 is 1.21 bits per heavy atom. The van der Waals surface area contributed by atoms with E-state index in [0.717, 1.165) is 24.9 Å². The predicted molar refractivity (Wildman–Crippen MR) is 80.3 cm³/mol. The van der Waals surface area contributed by atoms with Crippen LogP contribution >= 0.6 is 0 Å². The van der Waals surface area contributed by atoms with Crippen LogP contribution < -0.4 is 5.32 Å². The van der Waals surface area contributed by atoms with E-state index in [1.807, 2.05) is 0 Å². The number of ether oxygens (including phenoxy) is 1. The second kappa shape index (κ2) is 9.73. The summed E-state index contributed by atoms with van der Waals surface area (Å²) in [5, 5.41) is 13.3. The second-order valence-electron chi connectivity index (χ2n) is 6.51. The highest BCUT2D eigenvalue weighted by Gasteiger charge is 2.21. The quantitative estimate of drug-likeness (QED) is 0.600. The van der Waals surface area contributed by atoms with Gasteiger partial charge in [-0.3, -0.25) is 0 Å². The van der Waals surface area contributed by atoms with E-state index in [-0.39, 0.29) is 6.10 Å². The average molecular weight is 271 g/mol. The zero-order chi connectivity index (χ0) is 14.1. The first-order valence-corrected chi connectivity index (χ1v) is 8.08. The number of rotatable bonds is 10. The van der Waals surface area contributed by atoms with Crippen molar-refractivity contribution in [1.82, 2.24) is 5.32 Å². The van der Waals surface area contributed by atoms with E-state index in [4.69, 9.17) is 4.74 Å². The Morgan fingerprint density at radius 3 is 2.53 bits per heavy atom. The molecule has 0 aliphatic heterocycles. The van der Waals surface area contributed by atoms with Crippen LogP contribution in [0.4, 0.5) is 0 Å². The van der Waals surface area contributed by atoms with Crippen LogP contribution in [-0.2, 0) is 4.74 Å². The fourth-order valence-electron chi connectivity index (χ4n) is 2.82. The molecule has 2 N–H and O–H groups in total. The Hall–Kier alpha value is -0.120. The number of hydrogen-bond acceptors (Lipinski definition) is 3. The van der Waals surface area contributed by atoms with Crippen molar-refractivity contribution in [2.45, 2.75) is 71.4 Å². The molecule has 2 unspecified atom stereocenters. The normalized spacial score (nSPS) is 20.1. The molecule has 19 heavy (non-hydrogen) atoms. The molecule has 0 aromatic heterocycles. The lowest BCUT2D eigenvalue weighted by atomic mass is 10.00. The van der Waals surface area contributed by atoms with E-state index < -0.39 is 0 Å². The van der Waals surface area contributed by atoms with Crippen LogP contribution in [-0.4, -0.2) is 37.0 Å². The molecular weight excluding hydrogens is 238 g/mol. The van der Waals surface area contributed by atoms with Crippen molar-refractivity contribution >= 4 is 0 Å². The molecule has 0 amide bonds. The van der Waals surface area contributed by atoms with Gasteiger partial charge in [0.1, 0.15) is 0 Å². The van der Waals surface area contributed by atoms with E-state index >= 15 is 0 Å². The van der Waals surface area contributed by atoms with E-state index in [2.05, 4.69) is 26.1 Å². The molecular formula is C16H33NO2. The summed E-state index contributed by atoms with van der Waals surface area (Å²) in [4.78, 5) is 0.